The number of rotatable bonds is 4. The highest BCUT2D eigenvalue weighted by molar-refractivity contribution is 7.93. The number of benzene rings is 1. The fraction of sp³-hybridized carbons (Fsp3) is 0.478. The minimum atomic E-state index is -3.84. The standard InChI is InChI=1S/C23H32N4O5S/c1-17(28)25-23(11-9-18(10-12-23)33(24,30)31)19-7-5-6-8-20(19)26-13-15-27(16-14-26)21(29)32-22(2,3)4/h5-11H,12-16H2,1-4H3,(H,25,28)(H2,24,30,31). The van der Waals surface area contributed by atoms with Crippen LogP contribution in [0.4, 0.5) is 10.5 Å². The highest BCUT2D eigenvalue weighted by Gasteiger charge is 2.36. The first-order chi connectivity index (χ1) is 15.3. The molecule has 180 valence electrons. The molecule has 1 aliphatic heterocycles. The van der Waals surface area contributed by atoms with Gasteiger partial charge in [0.1, 0.15) is 5.60 Å². The molecule has 1 atom stereocenters. The van der Waals surface area contributed by atoms with Gasteiger partial charge in [0, 0.05) is 44.4 Å². The number of carbonyl (C=O) groups excluding carboxylic acids is 2. The second kappa shape index (κ2) is 9.18. The first-order valence-electron chi connectivity index (χ1n) is 10.8. The van der Waals surface area contributed by atoms with Gasteiger partial charge < -0.3 is 19.9 Å². The fourth-order valence-electron chi connectivity index (χ4n) is 4.09. The number of allylic oxidation sites excluding steroid dienone is 1. The van der Waals surface area contributed by atoms with Crippen molar-refractivity contribution in [2.24, 2.45) is 5.14 Å². The van der Waals surface area contributed by atoms with Crippen LogP contribution in [0.1, 0.15) is 39.7 Å². The van der Waals surface area contributed by atoms with Gasteiger partial charge in [-0.15, -0.1) is 0 Å². The van der Waals surface area contributed by atoms with Gasteiger partial charge in [-0.25, -0.2) is 18.4 Å². The molecule has 2 amide bonds. The third-order valence-electron chi connectivity index (χ3n) is 5.54. The number of hydrogen-bond donors (Lipinski definition) is 2. The summed E-state index contributed by atoms with van der Waals surface area (Å²) < 4.78 is 29.0. The maximum Gasteiger partial charge on any atom is 0.410 e. The van der Waals surface area contributed by atoms with E-state index in [0.717, 1.165) is 11.3 Å². The summed E-state index contributed by atoms with van der Waals surface area (Å²) in [6.45, 7) is 9.13. The third kappa shape index (κ3) is 5.94. The van der Waals surface area contributed by atoms with Crippen molar-refractivity contribution in [2.75, 3.05) is 31.1 Å². The molecule has 9 nitrogen and oxygen atoms in total. The van der Waals surface area contributed by atoms with E-state index in [-0.39, 0.29) is 23.3 Å². The number of nitrogens with zero attached hydrogens (tertiary/aromatic N) is 2. The summed E-state index contributed by atoms with van der Waals surface area (Å²) in [5, 5.41) is 8.27. The molecule has 10 heteroatoms. The zero-order chi connectivity index (χ0) is 24.4. The maximum absolute atomic E-state index is 12.4. The van der Waals surface area contributed by atoms with Crippen molar-refractivity contribution < 1.29 is 22.7 Å². The van der Waals surface area contributed by atoms with Crippen molar-refractivity contribution in [1.29, 1.82) is 0 Å². The van der Waals surface area contributed by atoms with Crippen molar-refractivity contribution >= 4 is 27.7 Å². The molecule has 1 heterocycles. The number of anilines is 1. The summed E-state index contributed by atoms with van der Waals surface area (Å²) in [5.41, 5.74) is 0.278. The van der Waals surface area contributed by atoms with E-state index in [4.69, 9.17) is 9.88 Å². The van der Waals surface area contributed by atoms with Gasteiger partial charge in [-0.05, 0) is 39.3 Å². The van der Waals surface area contributed by atoms with Crippen LogP contribution < -0.4 is 15.4 Å². The first-order valence-corrected chi connectivity index (χ1v) is 12.4. The number of hydrogen-bond acceptors (Lipinski definition) is 6. The van der Waals surface area contributed by atoms with E-state index < -0.39 is 21.2 Å². The lowest BCUT2D eigenvalue weighted by Crippen LogP contribution is -2.51. The summed E-state index contributed by atoms with van der Waals surface area (Å²) in [4.78, 5) is 28.4. The second-order valence-electron chi connectivity index (χ2n) is 9.31. The van der Waals surface area contributed by atoms with Gasteiger partial charge in [0.05, 0.1) is 10.4 Å². The van der Waals surface area contributed by atoms with Crippen molar-refractivity contribution in [1.82, 2.24) is 10.2 Å². The van der Waals surface area contributed by atoms with E-state index in [1.807, 2.05) is 45.0 Å². The summed E-state index contributed by atoms with van der Waals surface area (Å²) >= 11 is 0. The second-order valence-corrected chi connectivity index (χ2v) is 10.9. The molecule has 0 saturated carbocycles. The van der Waals surface area contributed by atoms with Crippen molar-refractivity contribution in [3.05, 3.63) is 53.0 Å². The van der Waals surface area contributed by atoms with Gasteiger partial charge in [-0.3, -0.25) is 4.79 Å². The van der Waals surface area contributed by atoms with E-state index in [9.17, 15) is 18.0 Å². The van der Waals surface area contributed by atoms with Crippen LogP contribution in [-0.2, 0) is 25.1 Å². The molecular formula is C23H32N4O5S. The Bertz CT molecular complexity index is 1080. The Kier molecular flexibility index (Phi) is 6.90. The Morgan fingerprint density at radius 2 is 1.76 bits per heavy atom. The van der Waals surface area contributed by atoms with E-state index in [0.29, 0.717) is 26.2 Å². The number of para-hydroxylation sites is 1. The first kappa shape index (κ1) is 24.8. The number of sulfonamides is 1. The Morgan fingerprint density at radius 1 is 1.12 bits per heavy atom. The van der Waals surface area contributed by atoms with Crippen LogP contribution in [0.25, 0.3) is 0 Å². The van der Waals surface area contributed by atoms with Gasteiger partial charge in [0.15, 0.2) is 0 Å². The van der Waals surface area contributed by atoms with Crippen LogP contribution in [-0.4, -0.2) is 57.1 Å². The topological polar surface area (TPSA) is 122 Å². The molecule has 1 saturated heterocycles. The molecule has 2 aliphatic rings. The lowest BCUT2D eigenvalue weighted by atomic mass is 9.82. The Morgan fingerprint density at radius 3 is 2.27 bits per heavy atom. The van der Waals surface area contributed by atoms with Crippen molar-refractivity contribution in [2.45, 2.75) is 45.3 Å². The molecule has 0 bridgehead atoms. The molecule has 1 unspecified atom stereocenters. The largest absolute Gasteiger partial charge is 0.444 e. The average Bonchev–Trinajstić information content (AvgIpc) is 2.72. The van der Waals surface area contributed by atoms with Gasteiger partial charge in [0.25, 0.3) is 0 Å². The minimum absolute atomic E-state index is 0.0203. The molecule has 1 aromatic carbocycles. The van der Waals surface area contributed by atoms with Crippen LogP contribution in [0, 0.1) is 0 Å². The Labute approximate surface area is 195 Å². The molecule has 3 rings (SSSR count). The van der Waals surface area contributed by atoms with Crippen molar-refractivity contribution in [3.8, 4) is 0 Å². The van der Waals surface area contributed by atoms with Gasteiger partial charge in [0.2, 0.25) is 15.9 Å². The summed E-state index contributed by atoms with van der Waals surface area (Å²) in [6, 6.07) is 7.69. The van der Waals surface area contributed by atoms with Gasteiger partial charge >= 0.3 is 6.09 Å². The normalized spacial score (nSPS) is 21.4. The predicted octanol–water partition coefficient (Wildman–Crippen LogP) is 2.21. The van der Waals surface area contributed by atoms with Crippen LogP contribution in [0.2, 0.25) is 0 Å². The number of nitrogens with two attached hydrogens (primary N) is 1. The smallest absolute Gasteiger partial charge is 0.410 e. The number of piperazine rings is 1. The van der Waals surface area contributed by atoms with E-state index in [2.05, 4.69) is 10.2 Å². The zero-order valence-corrected chi connectivity index (χ0v) is 20.3. The van der Waals surface area contributed by atoms with Crippen LogP contribution >= 0.6 is 0 Å². The Hall–Kier alpha value is -2.85. The molecule has 1 aromatic rings. The number of primary sulfonamides is 1. The number of nitrogens with one attached hydrogen (secondary N) is 1. The van der Waals surface area contributed by atoms with Crippen molar-refractivity contribution in [3.63, 3.8) is 0 Å². The van der Waals surface area contributed by atoms with Gasteiger partial charge in [-0.1, -0.05) is 30.4 Å². The Balaban J connectivity index is 1.86. The molecule has 0 radical (unpaired) electrons. The van der Waals surface area contributed by atoms with E-state index in [1.165, 1.54) is 19.1 Å². The van der Waals surface area contributed by atoms with Crippen LogP contribution in [0.3, 0.4) is 0 Å². The molecule has 1 aliphatic carbocycles. The quantitative estimate of drug-likeness (QED) is 0.687. The predicted molar refractivity (Wildman–Crippen MR) is 127 cm³/mol. The van der Waals surface area contributed by atoms with Crippen LogP contribution in [0.15, 0.2) is 47.4 Å². The molecule has 0 aromatic heterocycles. The fourth-order valence-corrected chi connectivity index (χ4v) is 4.66. The highest BCUT2D eigenvalue weighted by Crippen LogP contribution is 2.38. The molecular weight excluding hydrogens is 444 g/mol. The lowest BCUT2D eigenvalue weighted by Gasteiger charge is -2.41. The average molecular weight is 477 g/mol. The minimum Gasteiger partial charge on any atom is -0.444 e. The summed E-state index contributed by atoms with van der Waals surface area (Å²) in [7, 11) is -3.84. The molecule has 3 N–H and O–H groups in total. The van der Waals surface area contributed by atoms with Crippen LogP contribution in [0.5, 0.6) is 0 Å². The van der Waals surface area contributed by atoms with Gasteiger partial charge in [-0.2, -0.15) is 0 Å². The van der Waals surface area contributed by atoms with E-state index in [1.54, 1.807) is 11.0 Å². The SMILES string of the molecule is CC(=O)NC1(c2ccccc2N2CCN(C(=O)OC(C)(C)C)CC2)C=CC(S(N)(=O)=O)=CC1. The summed E-state index contributed by atoms with van der Waals surface area (Å²) in [5.74, 6) is -0.239. The molecule has 1 fully saturated rings. The maximum atomic E-state index is 12.4. The monoisotopic (exact) mass is 476 g/mol. The number of ether oxygens (including phenoxy) is 1. The summed E-state index contributed by atoms with van der Waals surface area (Å²) in [6.07, 6.45) is 4.56. The number of amides is 2. The molecule has 0 spiro atoms. The highest BCUT2D eigenvalue weighted by atomic mass is 32.2. The van der Waals surface area contributed by atoms with E-state index >= 15 is 0 Å². The molecule has 33 heavy (non-hydrogen) atoms. The number of carbonyl (C=O) groups is 2. The zero-order valence-electron chi connectivity index (χ0n) is 19.5. The third-order valence-corrected chi connectivity index (χ3v) is 6.50. The lowest BCUT2D eigenvalue weighted by molar-refractivity contribution is -0.120.